The molecule has 12 heteroatoms. The maximum absolute atomic E-state index is 15.6. The molecule has 1 amide bonds. The summed E-state index contributed by atoms with van der Waals surface area (Å²) in [5.74, 6) is 0.0186. The zero-order valence-corrected chi connectivity index (χ0v) is 20.2. The van der Waals surface area contributed by atoms with E-state index in [9.17, 15) is 9.59 Å². The van der Waals surface area contributed by atoms with Crippen LogP contribution in [0.3, 0.4) is 0 Å². The average Bonchev–Trinajstić information content (AvgIpc) is 3.48. The minimum atomic E-state index is -0.581. The summed E-state index contributed by atoms with van der Waals surface area (Å²) in [6.07, 6.45) is 6.99. The Labute approximate surface area is 209 Å². The van der Waals surface area contributed by atoms with Crippen LogP contribution in [0.4, 0.5) is 15.8 Å². The molecule has 11 nitrogen and oxygen atoms in total. The number of carbonyl (C=O) groups excluding carboxylic acids is 1. The predicted octanol–water partition coefficient (Wildman–Crippen LogP) is 3.42. The van der Waals surface area contributed by atoms with E-state index in [1.807, 2.05) is 6.92 Å². The second-order valence-corrected chi connectivity index (χ2v) is 9.12. The maximum Gasteiger partial charge on any atom is 0.261 e. The van der Waals surface area contributed by atoms with Crippen molar-refractivity contribution in [3.05, 3.63) is 58.8 Å². The molecule has 0 unspecified atom stereocenters. The van der Waals surface area contributed by atoms with E-state index in [1.54, 1.807) is 48.5 Å². The molecule has 0 bridgehead atoms. The molecule has 0 radical (unpaired) electrons. The van der Waals surface area contributed by atoms with Crippen LogP contribution in [0.1, 0.15) is 38.1 Å². The fourth-order valence-corrected chi connectivity index (χ4v) is 4.78. The van der Waals surface area contributed by atoms with Gasteiger partial charge < -0.3 is 20.2 Å². The fraction of sp³-hybridized carbons (Fsp3) is 0.280. The van der Waals surface area contributed by atoms with Crippen molar-refractivity contribution in [1.82, 2.24) is 34.7 Å². The SMILES string of the molecule is C[C@H](Nc1c(-c2nc3ccc(N4CCCCC4=O)c(F)c3[nH]2)c(=O)[nH]c2cn(C)nc12)c1ncccn1. The highest BCUT2D eigenvalue weighted by molar-refractivity contribution is 5.98. The molecule has 1 aliphatic rings. The third-order valence-corrected chi connectivity index (χ3v) is 6.55. The molecule has 4 aromatic heterocycles. The first-order valence-electron chi connectivity index (χ1n) is 12.0. The van der Waals surface area contributed by atoms with Gasteiger partial charge in [0.15, 0.2) is 5.82 Å². The van der Waals surface area contributed by atoms with Gasteiger partial charge in [-0.2, -0.15) is 5.10 Å². The molecular formula is C25H24FN9O2. The number of nitrogens with zero attached hydrogens (tertiary/aromatic N) is 6. The molecule has 6 rings (SSSR count). The van der Waals surface area contributed by atoms with Crippen molar-refractivity contribution in [2.45, 2.75) is 32.2 Å². The molecule has 0 aliphatic carbocycles. The van der Waals surface area contributed by atoms with E-state index in [0.29, 0.717) is 41.0 Å². The Morgan fingerprint density at radius 1 is 1.14 bits per heavy atom. The molecule has 0 saturated carbocycles. The van der Waals surface area contributed by atoms with Crippen LogP contribution in [0.25, 0.3) is 33.5 Å². The first-order valence-corrected chi connectivity index (χ1v) is 12.0. The Balaban J connectivity index is 1.50. The van der Waals surface area contributed by atoms with E-state index < -0.39 is 11.4 Å². The number of halogens is 1. The summed E-state index contributed by atoms with van der Waals surface area (Å²) < 4.78 is 17.2. The van der Waals surface area contributed by atoms with Crippen molar-refractivity contribution in [3.63, 3.8) is 0 Å². The number of anilines is 2. The van der Waals surface area contributed by atoms with E-state index in [2.05, 4.69) is 35.3 Å². The molecule has 1 aromatic carbocycles. The number of amides is 1. The number of aromatic amines is 2. The first kappa shape index (κ1) is 22.8. The molecule has 1 aliphatic heterocycles. The molecule has 37 heavy (non-hydrogen) atoms. The highest BCUT2D eigenvalue weighted by Gasteiger charge is 2.26. The largest absolute Gasteiger partial charge is 0.373 e. The van der Waals surface area contributed by atoms with Crippen molar-refractivity contribution in [2.75, 3.05) is 16.8 Å². The summed E-state index contributed by atoms with van der Waals surface area (Å²) in [6.45, 7) is 2.33. The van der Waals surface area contributed by atoms with Gasteiger partial charge >= 0.3 is 0 Å². The van der Waals surface area contributed by atoms with Gasteiger partial charge in [-0.3, -0.25) is 14.3 Å². The highest BCUT2D eigenvalue weighted by Crippen LogP contribution is 2.34. The molecule has 3 N–H and O–H groups in total. The maximum atomic E-state index is 15.6. The minimum Gasteiger partial charge on any atom is -0.373 e. The molecule has 5 heterocycles. The van der Waals surface area contributed by atoms with Gasteiger partial charge in [0.2, 0.25) is 5.91 Å². The number of aryl methyl sites for hydroxylation is 1. The number of piperidine rings is 1. The molecule has 5 aromatic rings. The summed E-state index contributed by atoms with van der Waals surface area (Å²) in [5.41, 5.74) is 1.90. The van der Waals surface area contributed by atoms with Crippen LogP contribution >= 0.6 is 0 Å². The number of aromatic nitrogens is 7. The van der Waals surface area contributed by atoms with Crippen LogP contribution < -0.4 is 15.8 Å². The van der Waals surface area contributed by atoms with Crippen molar-refractivity contribution in [3.8, 4) is 11.4 Å². The first-order chi connectivity index (χ1) is 17.9. The van der Waals surface area contributed by atoms with Gasteiger partial charge in [-0.15, -0.1) is 0 Å². The van der Waals surface area contributed by atoms with Gasteiger partial charge in [0.1, 0.15) is 28.2 Å². The highest BCUT2D eigenvalue weighted by atomic mass is 19.1. The minimum absolute atomic E-state index is 0.107. The van der Waals surface area contributed by atoms with Crippen molar-refractivity contribution in [2.24, 2.45) is 7.05 Å². The third kappa shape index (κ3) is 3.90. The second-order valence-electron chi connectivity index (χ2n) is 9.12. The Kier molecular flexibility index (Phi) is 5.43. The number of imidazole rings is 1. The van der Waals surface area contributed by atoms with E-state index >= 15 is 4.39 Å². The second kappa shape index (κ2) is 8.80. The zero-order valence-electron chi connectivity index (χ0n) is 20.2. The van der Waals surface area contributed by atoms with E-state index in [1.165, 1.54) is 4.90 Å². The van der Waals surface area contributed by atoms with E-state index in [4.69, 9.17) is 0 Å². The van der Waals surface area contributed by atoms with Crippen LogP contribution in [0.2, 0.25) is 0 Å². The molecule has 188 valence electrons. The summed E-state index contributed by atoms with van der Waals surface area (Å²) in [6, 6.07) is 4.56. The number of hydrogen-bond donors (Lipinski definition) is 3. The number of hydrogen-bond acceptors (Lipinski definition) is 7. The van der Waals surface area contributed by atoms with Crippen molar-refractivity contribution in [1.29, 1.82) is 0 Å². The normalized spacial score (nSPS) is 15.0. The molecule has 0 spiro atoms. The number of nitrogens with one attached hydrogen (secondary N) is 3. The van der Waals surface area contributed by atoms with Crippen LogP contribution in [0.5, 0.6) is 0 Å². The number of benzene rings is 1. The topological polar surface area (TPSA) is 137 Å². The van der Waals surface area contributed by atoms with Gasteiger partial charge in [0, 0.05) is 38.6 Å². The summed E-state index contributed by atoms with van der Waals surface area (Å²) >= 11 is 0. The van der Waals surface area contributed by atoms with Gasteiger partial charge in [-0.25, -0.2) is 19.3 Å². The predicted molar refractivity (Wildman–Crippen MR) is 137 cm³/mol. The van der Waals surface area contributed by atoms with Crippen LogP contribution in [0, 0.1) is 5.82 Å². The molecule has 1 fully saturated rings. The number of rotatable bonds is 5. The smallest absolute Gasteiger partial charge is 0.261 e. The Morgan fingerprint density at radius 3 is 2.73 bits per heavy atom. The monoisotopic (exact) mass is 501 g/mol. The van der Waals surface area contributed by atoms with Gasteiger partial charge in [0.25, 0.3) is 5.56 Å². The lowest BCUT2D eigenvalue weighted by Gasteiger charge is -2.27. The molecule has 1 saturated heterocycles. The van der Waals surface area contributed by atoms with E-state index in [-0.39, 0.29) is 34.5 Å². The average molecular weight is 502 g/mol. The van der Waals surface area contributed by atoms with Gasteiger partial charge in [0.05, 0.1) is 28.5 Å². The van der Waals surface area contributed by atoms with Crippen molar-refractivity contribution >= 4 is 39.3 Å². The summed E-state index contributed by atoms with van der Waals surface area (Å²) in [7, 11) is 1.76. The van der Waals surface area contributed by atoms with Crippen LogP contribution in [-0.2, 0) is 11.8 Å². The number of pyridine rings is 1. The zero-order chi connectivity index (χ0) is 25.7. The van der Waals surface area contributed by atoms with Gasteiger partial charge in [-0.05, 0) is 38.0 Å². The Bertz CT molecular complexity index is 1710. The molecular weight excluding hydrogens is 477 g/mol. The Morgan fingerprint density at radius 2 is 1.95 bits per heavy atom. The van der Waals surface area contributed by atoms with Crippen LogP contribution in [0.15, 0.2) is 41.6 Å². The number of H-pyrrole nitrogens is 2. The lowest BCUT2D eigenvalue weighted by Crippen LogP contribution is -2.35. The Hall–Kier alpha value is -4.61. The quantitative estimate of drug-likeness (QED) is 0.335. The van der Waals surface area contributed by atoms with Gasteiger partial charge in [-0.1, -0.05) is 0 Å². The fourth-order valence-electron chi connectivity index (χ4n) is 4.78. The van der Waals surface area contributed by atoms with Crippen LogP contribution in [-0.4, -0.2) is 47.2 Å². The lowest BCUT2D eigenvalue weighted by atomic mass is 10.1. The molecule has 1 atom stereocenters. The number of fused-ring (bicyclic) bond motifs is 2. The lowest BCUT2D eigenvalue weighted by molar-refractivity contribution is -0.119. The third-order valence-electron chi connectivity index (χ3n) is 6.55. The van der Waals surface area contributed by atoms with E-state index in [0.717, 1.165) is 12.8 Å². The summed E-state index contributed by atoms with van der Waals surface area (Å²) in [5, 5.41) is 7.85. The standard InChI is InChI=1S/C25H24FN9O2/c1-13(23-27-9-5-10-28-23)29-22-18(25(37)31-15-12-34(2)33-21(15)22)24-30-14-7-8-16(19(26)20(14)32-24)35-11-4-3-6-17(35)36/h5,7-10,12-13,29H,3-4,6,11H2,1-2H3,(H,30,32)(H,31,37)/t13-/m0/s1. The number of carbonyl (C=O) groups is 1. The van der Waals surface area contributed by atoms with Crippen molar-refractivity contribution < 1.29 is 9.18 Å². The summed E-state index contributed by atoms with van der Waals surface area (Å²) in [4.78, 5) is 46.2.